The summed E-state index contributed by atoms with van der Waals surface area (Å²) in [5.74, 6) is 0.128. The Bertz CT molecular complexity index is 1190. The van der Waals surface area contributed by atoms with Crippen LogP contribution >= 0.6 is 0 Å². The topological polar surface area (TPSA) is 129 Å². The Labute approximate surface area is 275 Å². The van der Waals surface area contributed by atoms with E-state index in [4.69, 9.17) is 29.2 Å². The third-order valence-electron chi connectivity index (χ3n) is 8.60. The second-order valence-electron chi connectivity index (χ2n) is 13.2. The quantitative estimate of drug-likeness (QED) is 0.169. The maximum Gasteiger partial charge on any atom is 0.316 e. The van der Waals surface area contributed by atoms with Crippen molar-refractivity contribution < 1.29 is 43.5 Å². The van der Waals surface area contributed by atoms with Crippen LogP contribution in [-0.2, 0) is 41.8 Å². The Hall–Kier alpha value is -3.43. The van der Waals surface area contributed by atoms with Gasteiger partial charge in [0.2, 0.25) is 0 Å². The average Bonchev–Trinajstić information content (AvgIpc) is 3.04. The van der Waals surface area contributed by atoms with Crippen LogP contribution in [0.25, 0.3) is 0 Å². The minimum Gasteiger partial charge on any atom is -0.508 e. The Morgan fingerprint density at radius 2 is 1.35 bits per heavy atom. The minimum absolute atomic E-state index is 0.0184. The maximum atomic E-state index is 11.7. The summed E-state index contributed by atoms with van der Waals surface area (Å²) in [6.07, 6.45) is 3.34. The molecular formula is C37H56O9. The zero-order chi connectivity index (χ0) is 35.0. The number of aliphatic hydroxyl groups excluding tert-OH is 1. The summed E-state index contributed by atoms with van der Waals surface area (Å²) in [5.41, 5.74) is 1.00. The highest BCUT2D eigenvalue weighted by atomic mass is 16.6. The van der Waals surface area contributed by atoms with Crippen LogP contribution in [0.15, 0.2) is 48.5 Å². The van der Waals surface area contributed by atoms with E-state index in [1.54, 1.807) is 12.1 Å². The van der Waals surface area contributed by atoms with Gasteiger partial charge in [-0.25, -0.2) is 0 Å². The fraction of sp³-hybridized carbons (Fsp3) is 0.595. The van der Waals surface area contributed by atoms with Gasteiger partial charge >= 0.3 is 17.9 Å². The lowest BCUT2D eigenvalue weighted by atomic mass is 9.84. The predicted molar refractivity (Wildman–Crippen MR) is 178 cm³/mol. The number of esters is 3. The SMILES string of the molecule is CCC(C)(C)C(=O)OCc1ccc(CO)cc1.CCC(C)(C)C(=O)Oc1ccc(O)cc1.CCC(C)C(=O)OCC1(CC)COC1. The van der Waals surface area contributed by atoms with Gasteiger partial charge in [-0.05, 0) is 88.8 Å². The first kappa shape index (κ1) is 40.6. The van der Waals surface area contributed by atoms with E-state index in [-0.39, 0.29) is 48.2 Å². The van der Waals surface area contributed by atoms with Crippen molar-refractivity contribution in [3.05, 3.63) is 59.7 Å². The summed E-state index contributed by atoms with van der Waals surface area (Å²) < 4.78 is 20.9. The first-order valence-electron chi connectivity index (χ1n) is 16.2. The molecule has 1 aliphatic rings. The first-order chi connectivity index (χ1) is 21.6. The Morgan fingerprint density at radius 1 is 0.826 bits per heavy atom. The standard InChI is InChI=1S/C14H20O3.C12H16O3.C11H20O3/c1-4-14(2,3)13(16)17-10-12-7-5-11(9-15)6-8-12;1-4-12(2,3)11(14)15-10-7-5-9(13)6-8-10;1-4-9(3)10(12)14-8-11(5-2)6-13-7-11/h5-8,15H,4,9-10H2,1-3H3;5-8,13H,4H2,1-3H3;9H,4-8H2,1-3H3. The van der Waals surface area contributed by atoms with Crippen molar-refractivity contribution in [3.8, 4) is 11.5 Å². The molecular weight excluding hydrogens is 588 g/mol. The number of phenolic OH excluding ortho intramolecular Hbond substituents is 1. The lowest BCUT2D eigenvalue weighted by Crippen LogP contribution is -2.46. The molecule has 46 heavy (non-hydrogen) atoms. The normalized spacial score (nSPS) is 14.2. The van der Waals surface area contributed by atoms with Crippen LogP contribution in [0.4, 0.5) is 0 Å². The highest BCUT2D eigenvalue weighted by Gasteiger charge is 2.38. The summed E-state index contributed by atoms with van der Waals surface area (Å²) in [5, 5.41) is 18.0. The molecule has 0 aliphatic carbocycles. The van der Waals surface area contributed by atoms with Gasteiger partial charge in [-0.3, -0.25) is 14.4 Å². The van der Waals surface area contributed by atoms with Gasteiger partial charge in [0.05, 0.1) is 42.0 Å². The molecule has 0 amide bonds. The van der Waals surface area contributed by atoms with E-state index in [1.165, 1.54) is 12.1 Å². The van der Waals surface area contributed by atoms with E-state index in [0.29, 0.717) is 12.4 Å². The number of rotatable bonds is 13. The molecule has 9 nitrogen and oxygen atoms in total. The van der Waals surface area contributed by atoms with Crippen LogP contribution < -0.4 is 4.74 Å². The molecule has 258 valence electrons. The largest absolute Gasteiger partial charge is 0.508 e. The zero-order valence-electron chi connectivity index (χ0n) is 29.3. The maximum absolute atomic E-state index is 11.7. The second-order valence-corrected chi connectivity index (χ2v) is 13.2. The minimum atomic E-state index is -0.474. The van der Waals surface area contributed by atoms with Crippen LogP contribution in [0.2, 0.25) is 0 Å². The lowest BCUT2D eigenvalue weighted by molar-refractivity contribution is -0.173. The molecule has 0 radical (unpaired) electrons. The summed E-state index contributed by atoms with van der Waals surface area (Å²) >= 11 is 0. The number of aliphatic hydroxyl groups is 1. The van der Waals surface area contributed by atoms with Crippen LogP contribution in [0.3, 0.4) is 0 Å². The van der Waals surface area contributed by atoms with Crippen molar-refractivity contribution in [3.63, 3.8) is 0 Å². The number of benzene rings is 2. The summed E-state index contributed by atoms with van der Waals surface area (Å²) in [4.78, 5) is 34.8. The number of aromatic hydroxyl groups is 1. The highest BCUT2D eigenvalue weighted by Crippen LogP contribution is 2.31. The van der Waals surface area contributed by atoms with Gasteiger partial charge in [-0.1, -0.05) is 58.9 Å². The predicted octanol–water partition coefficient (Wildman–Crippen LogP) is 7.39. The molecule has 1 unspecified atom stereocenters. The van der Waals surface area contributed by atoms with Gasteiger partial charge in [-0.15, -0.1) is 0 Å². The van der Waals surface area contributed by atoms with E-state index in [0.717, 1.165) is 50.0 Å². The van der Waals surface area contributed by atoms with Crippen molar-refractivity contribution >= 4 is 17.9 Å². The molecule has 0 spiro atoms. The highest BCUT2D eigenvalue weighted by molar-refractivity contribution is 5.78. The van der Waals surface area contributed by atoms with E-state index < -0.39 is 10.8 Å². The number of ether oxygens (including phenoxy) is 4. The zero-order valence-corrected chi connectivity index (χ0v) is 29.3. The monoisotopic (exact) mass is 644 g/mol. The van der Waals surface area contributed by atoms with E-state index >= 15 is 0 Å². The molecule has 2 aromatic rings. The Kier molecular flexibility index (Phi) is 17.0. The van der Waals surface area contributed by atoms with Crippen molar-refractivity contribution in [2.24, 2.45) is 22.2 Å². The number of carbonyl (C=O) groups excluding carboxylic acids is 3. The molecule has 0 bridgehead atoms. The van der Waals surface area contributed by atoms with Gasteiger partial charge in [0, 0.05) is 0 Å². The average molecular weight is 645 g/mol. The van der Waals surface area contributed by atoms with Crippen molar-refractivity contribution in [2.45, 2.75) is 101 Å². The molecule has 1 fully saturated rings. The van der Waals surface area contributed by atoms with Crippen LogP contribution in [0.1, 0.15) is 99.1 Å². The third kappa shape index (κ3) is 13.5. The van der Waals surface area contributed by atoms with Gasteiger partial charge < -0.3 is 29.2 Å². The molecule has 0 aromatic heterocycles. The third-order valence-corrected chi connectivity index (χ3v) is 8.60. The number of hydrogen-bond donors (Lipinski definition) is 2. The molecule has 0 saturated carbocycles. The molecule has 2 N–H and O–H groups in total. The fourth-order valence-corrected chi connectivity index (χ4v) is 3.45. The van der Waals surface area contributed by atoms with E-state index in [1.807, 2.05) is 79.7 Å². The molecule has 1 atom stereocenters. The molecule has 2 aromatic carbocycles. The van der Waals surface area contributed by atoms with Gasteiger partial charge in [0.1, 0.15) is 24.7 Å². The second kappa shape index (κ2) is 19.3. The molecule has 1 saturated heterocycles. The number of carbonyl (C=O) groups is 3. The van der Waals surface area contributed by atoms with E-state index in [2.05, 4.69) is 6.92 Å². The number of hydrogen-bond acceptors (Lipinski definition) is 9. The van der Waals surface area contributed by atoms with Crippen molar-refractivity contribution in [2.75, 3.05) is 19.8 Å². The lowest BCUT2D eigenvalue weighted by Gasteiger charge is -2.40. The first-order valence-corrected chi connectivity index (χ1v) is 16.2. The smallest absolute Gasteiger partial charge is 0.316 e. The molecule has 1 heterocycles. The van der Waals surface area contributed by atoms with Gasteiger partial charge in [-0.2, -0.15) is 0 Å². The fourth-order valence-electron chi connectivity index (χ4n) is 3.45. The summed E-state index contributed by atoms with van der Waals surface area (Å²) in [7, 11) is 0. The number of phenols is 1. The van der Waals surface area contributed by atoms with Gasteiger partial charge in [0.25, 0.3) is 0 Å². The Balaban J connectivity index is 0.000000347. The van der Waals surface area contributed by atoms with Crippen molar-refractivity contribution in [1.82, 2.24) is 0 Å². The molecule has 3 rings (SSSR count). The summed E-state index contributed by atoms with van der Waals surface area (Å²) in [6, 6.07) is 13.5. The Morgan fingerprint density at radius 3 is 1.78 bits per heavy atom. The van der Waals surface area contributed by atoms with Gasteiger partial charge in [0.15, 0.2) is 0 Å². The molecule has 9 heteroatoms. The van der Waals surface area contributed by atoms with Crippen LogP contribution in [0.5, 0.6) is 11.5 Å². The van der Waals surface area contributed by atoms with Crippen LogP contribution in [-0.4, -0.2) is 47.9 Å². The molecule has 1 aliphatic heterocycles. The van der Waals surface area contributed by atoms with Crippen LogP contribution in [0, 0.1) is 22.2 Å². The van der Waals surface area contributed by atoms with E-state index in [9.17, 15) is 14.4 Å². The van der Waals surface area contributed by atoms with Crippen molar-refractivity contribution in [1.29, 1.82) is 0 Å². The summed E-state index contributed by atoms with van der Waals surface area (Å²) in [6.45, 7) is 19.7.